The first-order valence-electron chi connectivity index (χ1n) is 9.03. The van der Waals surface area contributed by atoms with E-state index in [9.17, 15) is 4.79 Å². The van der Waals surface area contributed by atoms with E-state index in [1.807, 2.05) is 25.1 Å². The van der Waals surface area contributed by atoms with Gasteiger partial charge in [-0.3, -0.25) is 4.79 Å². The van der Waals surface area contributed by atoms with Crippen LogP contribution in [-0.2, 0) is 11.2 Å². The second-order valence-electron chi connectivity index (χ2n) is 7.33. The summed E-state index contributed by atoms with van der Waals surface area (Å²) in [7, 11) is 0. The maximum atomic E-state index is 12.3. The van der Waals surface area contributed by atoms with Crippen molar-refractivity contribution in [3.8, 4) is 0 Å². The molecular weight excluding hydrogens is 308 g/mol. The highest BCUT2D eigenvalue weighted by Gasteiger charge is 2.43. The minimum atomic E-state index is 0.0182. The van der Waals surface area contributed by atoms with E-state index < -0.39 is 0 Å². The summed E-state index contributed by atoms with van der Waals surface area (Å²) >= 11 is 0. The molecule has 2 unspecified atom stereocenters. The average molecular weight is 334 g/mol. The third kappa shape index (κ3) is 4.56. The van der Waals surface area contributed by atoms with Crippen molar-refractivity contribution in [2.24, 2.45) is 16.9 Å². The van der Waals surface area contributed by atoms with Gasteiger partial charge in [0.1, 0.15) is 0 Å². The molecule has 0 bridgehead atoms. The van der Waals surface area contributed by atoms with Crippen LogP contribution in [-0.4, -0.2) is 11.6 Å². The first-order valence-corrected chi connectivity index (χ1v) is 9.03. The molecule has 130 valence electrons. The molecule has 0 aromatic heterocycles. The predicted molar refractivity (Wildman–Crippen MR) is 103 cm³/mol. The molecule has 0 heterocycles. The first kappa shape index (κ1) is 17.4. The molecule has 0 radical (unpaired) electrons. The van der Waals surface area contributed by atoms with Crippen LogP contribution in [0.3, 0.4) is 0 Å². The van der Waals surface area contributed by atoms with Gasteiger partial charge >= 0.3 is 0 Å². The summed E-state index contributed by atoms with van der Waals surface area (Å²) in [5, 5.41) is 4.29. The normalized spacial score (nSPS) is 19.8. The van der Waals surface area contributed by atoms with Gasteiger partial charge in [0.2, 0.25) is 5.91 Å². The smallest absolute Gasteiger partial charge is 0.243 e. The zero-order valence-corrected chi connectivity index (χ0v) is 15.2. The van der Waals surface area contributed by atoms with Gasteiger partial charge in [0.25, 0.3) is 0 Å². The monoisotopic (exact) mass is 334 g/mol. The lowest BCUT2D eigenvalue weighted by atomic mass is 10.0. The number of carbonyl (C=O) groups excluding carboxylic acids is 1. The fraction of sp³-hybridized carbons (Fsp3) is 0.364. The molecule has 1 amide bonds. The molecule has 25 heavy (non-hydrogen) atoms. The second kappa shape index (κ2) is 7.64. The molecule has 0 saturated heterocycles. The van der Waals surface area contributed by atoms with E-state index in [1.54, 1.807) is 0 Å². The van der Waals surface area contributed by atoms with E-state index in [0.29, 0.717) is 11.8 Å². The van der Waals surface area contributed by atoms with Gasteiger partial charge in [-0.25, -0.2) is 5.43 Å². The van der Waals surface area contributed by atoms with E-state index in [4.69, 9.17) is 0 Å². The van der Waals surface area contributed by atoms with E-state index in [1.165, 1.54) is 11.1 Å². The minimum Gasteiger partial charge on any atom is -0.273 e. The van der Waals surface area contributed by atoms with Crippen molar-refractivity contribution in [1.82, 2.24) is 5.43 Å². The van der Waals surface area contributed by atoms with Crippen LogP contribution >= 0.6 is 0 Å². The number of hydrogen-bond donors (Lipinski definition) is 1. The number of hydrogen-bond acceptors (Lipinski definition) is 2. The number of hydrazone groups is 1. The molecule has 3 nitrogen and oxygen atoms in total. The molecule has 2 aromatic carbocycles. The Bertz CT molecular complexity index is 747. The van der Waals surface area contributed by atoms with Crippen molar-refractivity contribution in [1.29, 1.82) is 0 Å². The van der Waals surface area contributed by atoms with E-state index >= 15 is 0 Å². The summed E-state index contributed by atoms with van der Waals surface area (Å²) in [6.07, 6.45) is 1.99. The molecule has 1 saturated carbocycles. The molecular formula is C22H26N2O. The summed E-state index contributed by atoms with van der Waals surface area (Å²) in [6, 6.07) is 18.7. The summed E-state index contributed by atoms with van der Waals surface area (Å²) in [6.45, 7) is 6.37. The van der Waals surface area contributed by atoms with E-state index in [-0.39, 0.29) is 11.8 Å². The maximum absolute atomic E-state index is 12.3. The first-order chi connectivity index (χ1) is 12.0. The molecule has 2 aromatic rings. The van der Waals surface area contributed by atoms with Crippen LogP contribution in [0.4, 0.5) is 0 Å². The lowest BCUT2D eigenvalue weighted by molar-refractivity contribution is -0.122. The van der Waals surface area contributed by atoms with Crippen LogP contribution in [0, 0.1) is 11.8 Å². The van der Waals surface area contributed by atoms with Gasteiger partial charge in [-0.2, -0.15) is 5.10 Å². The number of carbonyl (C=O) groups is 1. The maximum Gasteiger partial charge on any atom is 0.243 e. The van der Waals surface area contributed by atoms with Gasteiger partial charge in [0.15, 0.2) is 0 Å². The van der Waals surface area contributed by atoms with Crippen molar-refractivity contribution in [3.05, 3.63) is 71.3 Å². The Hall–Kier alpha value is -2.42. The molecule has 0 aliphatic heterocycles. The Morgan fingerprint density at radius 2 is 1.80 bits per heavy atom. The zero-order valence-electron chi connectivity index (χ0n) is 15.2. The number of amides is 1. The van der Waals surface area contributed by atoms with Crippen molar-refractivity contribution in [2.45, 2.75) is 39.5 Å². The summed E-state index contributed by atoms with van der Waals surface area (Å²) in [4.78, 5) is 12.3. The second-order valence-corrected chi connectivity index (χ2v) is 7.33. The number of rotatable bonds is 6. The zero-order chi connectivity index (χ0) is 17.8. The van der Waals surface area contributed by atoms with Crippen molar-refractivity contribution in [3.63, 3.8) is 0 Å². The van der Waals surface area contributed by atoms with Crippen molar-refractivity contribution in [2.75, 3.05) is 0 Å². The van der Waals surface area contributed by atoms with Crippen LogP contribution in [0.2, 0.25) is 0 Å². The van der Waals surface area contributed by atoms with Gasteiger partial charge in [0.05, 0.1) is 5.71 Å². The highest BCUT2D eigenvalue weighted by Crippen LogP contribution is 2.47. The molecule has 1 aliphatic rings. The summed E-state index contributed by atoms with van der Waals surface area (Å²) in [5.74, 6) is 1.06. The number of nitrogens with zero attached hydrogens (tertiary/aromatic N) is 1. The molecule has 1 fully saturated rings. The number of benzene rings is 2. The third-order valence-corrected chi connectivity index (χ3v) is 4.70. The lowest BCUT2D eigenvalue weighted by Gasteiger charge is -2.07. The Labute approximate surface area is 150 Å². The van der Waals surface area contributed by atoms with Crippen LogP contribution in [0.25, 0.3) is 0 Å². The molecule has 2 atom stereocenters. The topological polar surface area (TPSA) is 41.5 Å². The Balaban J connectivity index is 1.56. The Morgan fingerprint density at radius 3 is 2.44 bits per heavy atom. The number of nitrogens with one attached hydrogen (secondary N) is 1. The molecule has 3 heteroatoms. The predicted octanol–water partition coefficient (Wildman–Crippen LogP) is 4.53. The van der Waals surface area contributed by atoms with Crippen LogP contribution in [0.15, 0.2) is 59.7 Å². The third-order valence-electron chi connectivity index (χ3n) is 4.70. The largest absolute Gasteiger partial charge is 0.273 e. The van der Waals surface area contributed by atoms with Crippen molar-refractivity contribution >= 4 is 11.6 Å². The molecule has 3 rings (SSSR count). The van der Waals surface area contributed by atoms with Gasteiger partial charge in [0, 0.05) is 5.92 Å². The fourth-order valence-corrected chi connectivity index (χ4v) is 3.19. The fourth-order valence-electron chi connectivity index (χ4n) is 3.19. The van der Waals surface area contributed by atoms with Gasteiger partial charge < -0.3 is 0 Å². The average Bonchev–Trinajstić information content (AvgIpc) is 3.41. The lowest BCUT2D eigenvalue weighted by Crippen LogP contribution is -2.21. The highest BCUT2D eigenvalue weighted by molar-refractivity contribution is 5.99. The standard InChI is InChI=1S/C22H26N2O/c1-15(2)13-17-9-11-18(12-10-17)16(3)23-24-22(25)21-14-20(21)19-7-5-4-6-8-19/h4-12,15,20-21H,13-14H2,1-3H3,(H,24,25)/b23-16-. The summed E-state index contributed by atoms with van der Waals surface area (Å²) < 4.78 is 0. The molecule has 1 aliphatic carbocycles. The molecule has 1 N–H and O–H groups in total. The van der Waals surface area contributed by atoms with Crippen molar-refractivity contribution < 1.29 is 4.79 Å². The highest BCUT2D eigenvalue weighted by atomic mass is 16.2. The SMILES string of the molecule is C/C(=N/NC(=O)C1CC1c1ccccc1)c1ccc(CC(C)C)cc1. The summed E-state index contributed by atoms with van der Waals surface area (Å²) in [5.41, 5.74) is 7.19. The minimum absolute atomic E-state index is 0.0182. The van der Waals surface area contributed by atoms with Crippen LogP contribution in [0.5, 0.6) is 0 Å². The Morgan fingerprint density at radius 1 is 1.12 bits per heavy atom. The van der Waals surface area contributed by atoms with Crippen LogP contribution < -0.4 is 5.43 Å². The van der Waals surface area contributed by atoms with E-state index in [0.717, 1.165) is 24.1 Å². The quantitative estimate of drug-likeness (QED) is 0.612. The van der Waals surface area contributed by atoms with Gasteiger partial charge in [-0.05, 0) is 48.3 Å². The van der Waals surface area contributed by atoms with E-state index in [2.05, 4.69) is 60.8 Å². The molecule has 0 spiro atoms. The van der Waals surface area contributed by atoms with Gasteiger partial charge in [-0.15, -0.1) is 0 Å². The van der Waals surface area contributed by atoms with Crippen LogP contribution in [0.1, 0.15) is 49.8 Å². The van der Waals surface area contributed by atoms with Gasteiger partial charge in [-0.1, -0.05) is 68.4 Å². The Kier molecular flexibility index (Phi) is 5.32.